The summed E-state index contributed by atoms with van der Waals surface area (Å²) in [6.45, 7) is 0. The molecule has 0 aliphatic rings. The lowest BCUT2D eigenvalue weighted by molar-refractivity contribution is 0.0697. The second-order valence-corrected chi connectivity index (χ2v) is 8.47. The molecule has 0 saturated heterocycles. The molecule has 3 rings (SSSR count). The zero-order valence-corrected chi connectivity index (χ0v) is 19.4. The minimum atomic E-state index is -1.29. The number of amides is 2. The maximum Gasteiger partial charge on any atom is 0.337 e. The van der Waals surface area contributed by atoms with Crippen LogP contribution in [0.3, 0.4) is 0 Å². The molecule has 0 aliphatic heterocycles. The predicted octanol–water partition coefficient (Wildman–Crippen LogP) is 5.77. The van der Waals surface area contributed by atoms with E-state index in [0.717, 1.165) is 0 Å². The van der Waals surface area contributed by atoms with Crippen LogP contribution in [0.5, 0.6) is 5.75 Å². The number of carboxylic acid groups (broad SMARTS) is 1. The number of halogens is 3. The zero-order valence-electron chi connectivity index (χ0n) is 15.4. The first-order chi connectivity index (χ1) is 14.7. The van der Waals surface area contributed by atoms with Crippen LogP contribution in [0.2, 0.25) is 5.02 Å². The summed E-state index contributed by atoms with van der Waals surface area (Å²) in [5.74, 6) is -2.87. The Kier molecular flexibility index (Phi) is 6.99. The summed E-state index contributed by atoms with van der Waals surface area (Å²) in [6.07, 6.45) is 0. The molecule has 0 aliphatic carbocycles. The lowest BCUT2D eigenvalue weighted by Crippen LogP contribution is -2.17. The van der Waals surface area contributed by atoms with Crippen LogP contribution in [0.25, 0.3) is 0 Å². The van der Waals surface area contributed by atoms with Gasteiger partial charge in [-0.2, -0.15) is 0 Å². The highest BCUT2D eigenvalue weighted by Crippen LogP contribution is 2.32. The summed E-state index contributed by atoms with van der Waals surface area (Å²) in [5.41, 5.74) is 0.205. The number of nitrogens with one attached hydrogen (secondary N) is 2. The fourth-order valence-corrected chi connectivity index (χ4v) is 3.99. The summed E-state index contributed by atoms with van der Waals surface area (Å²) in [4.78, 5) is 36.9. The Labute approximate surface area is 198 Å². The summed E-state index contributed by atoms with van der Waals surface area (Å²) >= 11 is 12.2. The third-order valence-electron chi connectivity index (χ3n) is 4.14. The van der Waals surface area contributed by atoms with Crippen LogP contribution in [-0.4, -0.2) is 28.0 Å². The van der Waals surface area contributed by atoms with E-state index in [2.05, 4.69) is 42.5 Å². The lowest BCUT2D eigenvalue weighted by Gasteiger charge is -2.13. The molecule has 0 aromatic heterocycles. The molecule has 3 aromatic carbocycles. The molecule has 0 bridgehead atoms. The molecule has 2 amide bonds. The second kappa shape index (κ2) is 9.51. The number of carbonyl (C=O) groups is 3. The summed E-state index contributed by atoms with van der Waals surface area (Å²) in [7, 11) is 0. The van der Waals surface area contributed by atoms with E-state index in [1.807, 2.05) is 0 Å². The van der Waals surface area contributed by atoms with E-state index in [1.165, 1.54) is 24.3 Å². The highest BCUT2D eigenvalue weighted by atomic mass is 79.9. The molecule has 158 valence electrons. The molecule has 0 radical (unpaired) electrons. The molecule has 10 heteroatoms. The first kappa shape index (κ1) is 22.8. The van der Waals surface area contributed by atoms with Crippen LogP contribution in [-0.2, 0) is 0 Å². The van der Waals surface area contributed by atoms with Crippen molar-refractivity contribution in [3.05, 3.63) is 85.3 Å². The number of phenolic OH excluding ortho intramolecular Hbond substituents is 1. The van der Waals surface area contributed by atoms with E-state index in [9.17, 15) is 24.6 Å². The van der Waals surface area contributed by atoms with E-state index < -0.39 is 17.8 Å². The number of carbonyl (C=O) groups excluding carboxylic acids is 2. The van der Waals surface area contributed by atoms with Gasteiger partial charge < -0.3 is 20.8 Å². The van der Waals surface area contributed by atoms with Gasteiger partial charge in [-0.15, -0.1) is 0 Å². The van der Waals surface area contributed by atoms with E-state index in [-0.39, 0.29) is 32.6 Å². The topological polar surface area (TPSA) is 116 Å². The Hall–Kier alpha value is -2.88. The van der Waals surface area contributed by atoms with Crippen molar-refractivity contribution >= 4 is 72.6 Å². The Bertz CT molecular complexity index is 1200. The van der Waals surface area contributed by atoms with Gasteiger partial charge in [0, 0.05) is 20.7 Å². The normalized spacial score (nSPS) is 10.4. The van der Waals surface area contributed by atoms with E-state index in [1.54, 1.807) is 30.3 Å². The van der Waals surface area contributed by atoms with Gasteiger partial charge >= 0.3 is 5.97 Å². The Morgan fingerprint density at radius 1 is 0.839 bits per heavy atom. The van der Waals surface area contributed by atoms with Gasteiger partial charge in [0.05, 0.1) is 21.3 Å². The van der Waals surface area contributed by atoms with Crippen LogP contribution in [0, 0.1) is 0 Å². The average molecular weight is 569 g/mol. The number of aromatic carboxylic acids is 1. The van der Waals surface area contributed by atoms with Crippen LogP contribution in [0.4, 0.5) is 11.4 Å². The van der Waals surface area contributed by atoms with Gasteiger partial charge in [0.2, 0.25) is 0 Å². The monoisotopic (exact) mass is 566 g/mol. The number of benzene rings is 3. The molecule has 0 fully saturated rings. The largest absolute Gasteiger partial charge is 0.506 e. The Morgan fingerprint density at radius 3 is 2.16 bits per heavy atom. The lowest BCUT2D eigenvalue weighted by atomic mass is 10.1. The molecular formula is C21H13Br2ClN2O5. The van der Waals surface area contributed by atoms with Crippen LogP contribution < -0.4 is 10.6 Å². The van der Waals surface area contributed by atoms with Gasteiger partial charge in [0.25, 0.3) is 11.8 Å². The van der Waals surface area contributed by atoms with Crippen molar-refractivity contribution in [2.45, 2.75) is 0 Å². The van der Waals surface area contributed by atoms with Gasteiger partial charge in [-0.3, -0.25) is 9.59 Å². The zero-order chi connectivity index (χ0) is 22.7. The van der Waals surface area contributed by atoms with Gasteiger partial charge in [-0.25, -0.2) is 4.79 Å². The standard InChI is InChI=1S/C21H13Br2ClN2O5/c22-11-8-15(18(27)16(23)9-11)20(29)26-17-7-10(1-6-14(17)21(30)31)19(28)25-13-4-2-12(24)3-5-13/h1-9,27H,(H,25,28)(H,26,29)(H,30,31). The first-order valence-electron chi connectivity index (χ1n) is 8.59. The van der Waals surface area contributed by atoms with Gasteiger partial charge in [0.1, 0.15) is 5.75 Å². The minimum Gasteiger partial charge on any atom is -0.506 e. The van der Waals surface area contributed by atoms with Crippen molar-refractivity contribution in [1.29, 1.82) is 0 Å². The highest BCUT2D eigenvalue weighted by molar-refractivity contribution is 9.11. The van der Waals surface area contributed by atoms with Gasteiger partial charge in [0.15, 0.2) is 0 Å². The van der Waals surface area contributed by atoms with Crippen molar-refractivity contribution in [3.63, 3.8) is 0 Å². The molecule has 3 aromatic rings. The summed E-state index contributed by atoms with van der Waals surface area (Å²) in [6, 6.07) is 13.2. The third-order valence-corrected chi connectivity index (χ3v) is 5.45. The predicted molar refractivity (Wildman–Crippen MR) is 124 cm³/mol. The van der Waals surface area contributed by atoms with Crippen molar-refractivity contribution in [1.82, 2.24) is 0 Å². The van der Waals surface area contributed by atoms with Gasteiger partial charge in [-0.05, 0) is 70.5 Å². The Morgan fingerprint density at radius 2 is 1.52 bits per heavy atom. The van der Waals surface area contributed by atoms with E-state index in [0.29, 0.717) is 15.2 Å². The Balaban J connectivity index is 1.92. The van der Waals surface area contributed by atoms with Crippen LogP contribution in [0.1, 0.15) is 31.1 Å². The van der Waals surface area contributed by atoms with Crippen molar-refractivity contribution in [3.8, 4) is 5.75 Å². The molecule has 0 unspecified atom stereocenters. The molecule has 0 atom stereocenters. The molecule has 0 saturated carbocycles. The molecular weight excluding hydrogens is 556 g/mol. The van der Waals surface area contributed by atoms with Crippen LogP contribution in [0.15, 0.2) is 63.5 Å². The quantitative estimate of drug-likeness (QED) is 0.312. The fraction of sp³-hybridized carbons (Fsp3) is 0. The SMILES string of the molecule is O=C(Nc1ccc(Cl)cc1)c1ccc(C(=O)O)c(NC(=O)c2cc(Br)cc(Br)c2O)c1. The summed E-state index contributed by atoms with van der Waals surface area (Å²) in [5, 5.41) is 25.2. The van der Waals surface area contributed by atoms with Crippen molar-refractivity contribution in [2.24, 2.45) is 0 Å². The fourth-order valence-electron chi connectivity index (χ4n) is 2.64. The van der Waals surface area contributed by atoms with Crippen LogP contribution >= 0.6 is 43.5 Å². The maximum atomic E-state index is 12.7. The number of hydrogen-bond acceptors (Lipinski definition) is 4. The molecule has 0 spiro atoms. The number of carboxylic acids is 1. The van der Waals surface area contributed by atoms with Gasteiger partial charge in [-0.1, -0.05) is 27.5 Å². The molecule has 31 heavy (non-hydrogen) atoms. The van der Waals surface area contributed by atoms with Crippen molar-refractivity contribution in [2.75, 3.05) is 10.6 Å². The smallest absolute Gasteiger partial charge is 0.337 e. The number of hydrogen-bond donors (Lipinski definition) is 4. The first-order valence-corrected chi connectivity index (χ1v) is 10.6. The van der Waals surface area contributed by atoms with E-state index >= 15 is 0 Å². The molecule has 4 N–H and O–H groups in total. The summed E-state index contributed by atoms with van der Waals surface area (Å²) < 4.78 is 0.804. The number of phenols is 1. The van der Waals surface area contributed by atoms with Crippen molar-refractivity contribution < 1.29 is 24.6 Å². The average Bonchev–Trinajstić information content (AvgIpc) is 2.72. The maximum absolute atomic E-state index is 12.7. The molecule has 7 nitrogen and oxygen atoms in total. The number of anilines is 2. The molecule has 0 heterocycles. The number of rotatable bonds is 5. The minimum absolute atomic E-state index is 0.0893. The highest BCUT2D eigenvalue weighted by Gasteiger charge is 2.20. The number of aromatic hydroxyl groups is 1. The second-order valence-electron chi connectivity index (χ2n) is 6.26. The van der Waals surface area contributed by atoms with E-state index in [4.69, 9.17) is 11.6 Å². The third kappa shape index (κ3) is 5.43.